The zero-order chi connectivity index (χ0) is 22.1. The Morgan fingerprint density at radius 3 is 2.52 bits per heavy atom. The van der Waals surface area contributed by atoms with Crippen LogP contribution in [0.3, 0.4) is 0 Å². The molecule has 0 N–H and O–H groups in total. The van der Waals surface area contributed by atoms with Gasteiger partial charge in [0.05, 0.1) is 16.8 Å². The summed E-state index contributed by atoms with van der Waals surface area (Å²) in [6.45, 7) is 6.20. The monoisotopic (exact) mass is 416 g/mol. The van der Waals surface area contributed by atoms with E-state index in [1.165, 1.54) is 0 Å². The van der Waals surface area contributed by atoms with E-state index >= 15 is 0 Å². The number of hydrogen-bond acceptors (Lipinski definition) is 5. The fraction of sp³-hybridized carbons (Fsp3) is 0.261. The highest BCUT2D eigenvalue weighted by Gasteiger charge is 2.19. The Labute approximate surface area is 179 Å². The SMILES string of the molecule is Cc1ccccc1-n1nc(C)c(CN(C)C(=O)Cn2nnc3ccccc3c2=O)c1C. The Morgan fingerprint density at radius 1 is 1.03 bits per heavy atom. The predicted octanol–water partition coefficient (Wildman–Crippen LogP) is 2.56. The van der Waals surface area contributed by atoms with Crippen LogP contribution in [0.25, 0.3) is 16.6 Å². The molecule has 0 fully saturated rings. The van der Waals surface area contributed by atoms with Crippen molar-refractivity contribution in [2.75, 3.05) is 7.05 Å². The topological polar surface area (TPSA) is 85.9 Å². The number of carbonyl (C=O) groups is 1. The van der Waals surface area contributed by atoms with Gasteiger partial charge in [-0.25, -0.2) is 9.36 Å². The van der Waals surface area contributed by atoms with Gasteiger partial charge in [0.15, 0.2) is 0 Å². The minimum absolute atomic E-state index is 0.169. The molecular formula is C23H24N6O2. The van der Waals surface area contributed by atoms with Crippen LogP contribution < -0.4 is 5.56 Å². The molecule has 2 aromatic carbocycles. The van der Waals surface area contributed by atoms with Crippen LogP contribution in [-0.2, 0) is 17.9 Å². The van der Waals surface area contributed by atoms with Gasteiger partial charge in [-0.3, -0.25) is 9.59 Å². The average molecular weight is 416 g/mol. The van der Waals surface area contributed by atoms with Crippen molar-refractivity contribution in [2.24, 2.45) is 0 Å². The molecule has 8 heteroatoms. The van der Waals surface area contributed by atoms with Gasteiger partial charge in [-0.15, -0.1) is 5.10 Å². The lowest BCUT2D eigenvalue weighted by atomic mass is 10.1. The van der Waals surface area contributed by atoms with Gasteiger partial charge in [-0.1, -0.05) is 35.5 Å². The van der Waals surface area contributed by atoms with Crippen LogP contribution in [0.5, 0.6) is 0 Å². The maximum absolute atomic E-state index is 12.8. The molecule has 0 saturated carbocycles. The Hall–Kier alpha value is -3.81. The van der Waals surface area contributed by atoms with Crippen LogP contribution in [-0.4, -0.2) is 42.6 Å². The number of hydrogen-bond donors (Lipinski definition) is 0. The summed E-state index contributed by atoms with van der Waals surface area (Å²) in [4.78, 5) is 27.0. The van der Waals surface area contributed by atoms with Crippen LogP contribution in [0.4, 0.5) is 0 Å². The van der Waals surface area contributed by atoms with Gasteiger partial charge in [0.25, 0.3) is 5.56 Å². The minimum Gasteiger partial charge on any atom is -0.340 e. The second kappa shape index (κ2) is 8.14. The van der Waals surface area contributed by atoms with Crippen molar-refractivity contribution >= 4 is 16.8 Å². The molecule has 0 aliphatic carbocycles. The van der Waals surface area contributed by atoms with Gasteiger partial charge >= 0.3 is 0 Å². The molecule has 4 rings (SSSR count). The van der Waals surface area contributed by atoms with Crippen LogP contribution in [0.1, 0.15) is 22.5 Å². The molecule has 0 atom stereocenters. The maximum Gasteiger partial charge on any atom is 0.278 e. The standard InChI is InChI=1S/C23H24N6O2/c1-15-9-5-8-12-21(15)29-17(3)19(16(2)25-29)13-27(4)22(30)14-28-23(31)18-10-6-7-11-20(18)24-26-28/h5-12H,13-14H2,1-4H3. The van der Waals surface area contributed by atoms with E-state index in [0.717, 1.165) is 32.9 Å². The number of amides is 1. The molecular weight excluding hydrogens is 392 g/mol. The van der Waals surface area contributed by atoms with Gasteiger partial charge in [-0.05, 0) is 44.5 Å². The number of benzene rings is 2. The second-order valence-electron chi connectivity index (χ2n) is 7.67. The molecule has 4 aromatic rings. The lowest BCUT2D eigenvalue weighted by molar-refractivity contribution is -0.131. The highest BCUT2D eigenvalue weighted by atomic mass is 16.2. The Balaban J connectivity index is 1.56. The highest BCUT2D eigenvalue weighted by molar-refractivity contribution is 5.78. The zero-order valence-electron chi connectivity index (χ0n) is 18.0. The van der Waals surface area contributed by atoms with E-state index in [4.69, 9.17) is 0 Å². The summed E-state index contributed by atoms with van der Waals surface area (Å²) in [5, 5.41) is 13.1. The summed E-state index contributed by atoms with van der Waals surface area (Å²) in [7, 11) is 1.71. The van der Waals surface area contributed by atoms with E-state index in [2.05, 4.69) is 15.4 Å². The summed E-state index contributed by atoms with van der Waals surface area (Å²) in [6.07, 6.45) is 0. The van der Waals surface area contributed by atoms with Crippen LogP contribution in [0.15, 0.2) is 53.3 Å². The number of likely N-dealkylation sites (N-methyl/N-ethyl adjacent to an activating group) is 1. The molecule has 0 bridgehead atoms. The predicted molar refractivity (Wildman–Crippen MR) is 118 cm³/mol. The molecule has 158 valence electrons. The van der Waals surface area contributed by atoms with Crippen LogP contribution in [0.2, 0.25) is 0 Å². The van der Waals surface area contributed by atoms with Gasteiger partial charge in [0.2, 0.25) is 5.91 Å². The van der Waals surface area contributed by atoms with Crippen LogP contribution in [0, 0.1) is 20.8 Å². The number of nitrogens with zero attached hydrogens (tertiary/aromatic N) is 6. The molecule has 0 unspecified atom stereocenters. The number of aromatic nitrogens is 5. The van der Waals surface area contributed by atoms with Crippen molar-refractivity contribution in [1.82, 2.24) is 29.7 Å². The Kier molecular flexibility index (Phi) is 5.37. The fourth-order valence-electron chi connectivity index (χ4n) is 3.64. The van der Waals surface area contributed by atoms with E-state index in [9.17, 15) is 9.59 Å². The smallest absolute Gasteiger partial charge is 0.278 e. The number of aryl methyl sites for hydroxylation is 2. The average Bonchev–Trinajstić information content (AvgIpc) is 3.04. The van der Waals surface area contributed by atoms with Gasteiger partial charge in [0.1, 0.15) is 12.1 Å². The van der Waals surface area contributed by atoms with E-state index in [-0.39, 0.29) is 18.0 Å². The summed E-state index contributed by atoms with van der Waals surface area (Å²) in [5.74, 6) is -0.228. The van der Waals surface area contributed by atoms with E-state index in [1.54, 1.807) is 36.2 Å². The molecule has 0 saturated heterocycles. The van der Waals surface area contributed by atoms with E-state index in [1.807, 2.05) is 49.7 Å². The van der Waals surface area contributed by atoms with Crippen molar-refractivity contribution < 1.29 is 4.79 Å². The first-order chi connectivity index (χ1) is 14.9. The highest BCUT2D eigenvalue weighted by Crippen LogP contribution is 2.21. The largest absolute Gasteiger partial charge is 0.340 e. The second-order valence-corrected chi connectivity index (χ2v) is 7.67. The van der Waals surface area contributed by atoms with Crippen molar-refractivity contribution in [1.29, 1.82) is 0 Å². The fourth-order valence-corrected chi connectivity index (χ4v) is 3.64. The Bertz CT molecular complexity index is 1340. The first-order valence-corrected chi connectivity index (χ1v) is 10.0. The lowest BCUT2D eigenvalue weighted by Gasteiger charge is -2.18. The summed E-state index contributed by atoms with van der Waals surface area (Å²) >= 11 is 0. The summed E-state index contributed by atoms with van der Waals surface area (Å²) in [6, 6.07) is 15.0. The first kappa shape index (κ1) is 20.5. The van der Waals surface area contributed by atoms with Gasteiger partial charge < -0.3 is 4.90 Å². The zero-order valence-corrected chi connectivity index (χ0v) is 18.0. The molecule has 0 radical (unpaired) electrons. The summed E-state index contributed by atoms with van der Waals surface area (Å²) in [5.41, 5.74) is 5.15. The van der Waals surface area contributed by atoms with E-state index < -0.39 is 0 Å². The number of rotatable bonds is 5. The summed E-state index contributed by atoms with van der Waals surface area (Å²) < 4.78 is 3.02. The van der Waals surface area contributed by atoms with Crippen molar-refractivity contribution in [3.8, 4) is 5.69 Å². The molecule has 2 heterocycles. The van der Waals surface area contributed by atoms with Gasteiger partial charge in [-0.2, -0.15) is 5.10 Å². The lowest BCUT2D eigenvalue weighted by Crippen LogP contribution is -2.35. The van der Waals surface area contributed by atoms with Gasteiger partial charge in [0, 0.05) is 24.8 Å². The third kappa shape index (κ3) is 3.84. The third-order valence-electron chi connectivity index (χ3n) is 5.52. The van der Waals surface area contributed by atoms with Crippen LogP contribution >= 0.6 is 0 Å². The Morgan fingerprint density at radius 2 is 1.74 bits per heavy atom. The third-order valence-corrected chi connectivity index (χ3v) is 5.52. The number of fused-ring (bicyclic) bond motifs is 1. The van der Waals surface area contributed by atoms with E-state index in [0.29, 0.717) is 17.4 Å². The van der Waals surface area contributed by atoms with Crippen molar-refractivity contribution in [2.45, 2.75) is 33.9 Å². The first-order valence-electron chi connectivity index (χ1n) is 10.0. The van der Waals surface area contributed by atoms with Crippen molar-refractivity contribution in [3.63, 3.8) is 0 Å². The molecule has 0 aliphatic heterocycles. The molecule has 8 nitrogen and oxygen atoms in total. The number of carbonyl (C=O) groups excluding carboxylic acids is 1. The molecule has 1 amide bonds. The molecule has 31 heavy (non-hydrogen) atoms. The maximum atomic E-state index is 12.8. The molecule has 0 spiro atoms. The quantitative estimate of drug-likeness (QED) is 0.499. The number of para-hydroxylation sites is 1. The van der Waals surface area contributed by atoms with Crippen molar-refractivity contribution in [3.05, 3.63) is 81.4 Å². The molecule has 0 aliphatic rings. The molecule has 2 aromatic heterocycles. The minimum atomic E-state index is -0.327. The normalized spacial score (nSPS) is 11.1.